The van der Waals surface area contributed by atoms with Gasteiger partial charge in [0.15, 0.2) is 0 Å². The molecular formula is C12H13ClO2. The van der Waals surface area contributed by atoms with E-state index in [0.717, 1.165) is 24.8 Å². The highest BCUT2D eigenvalue weighted by atomic mass is 35.5. The van der Waals surface area contributed by atoms with Gasteiger partial charge in [0.05, 0.1) is 5.92 Å². The van der Waals surface area contributed by atoms with Crippen LogP contribution in [0.1, 0.15) is 30.7 Å². The minimum Gasteiger partial charge on any atom is -0.481 e. The second kappa shape index (κ2) is 4.23. The zero-order valence-corrected chi connectivity index (χ0v) is 9.07. The molecule has 1 aliphatic carbocycles. The van der Waals surface area contributed by atoms with Crippen molar-refractivity contribution >= 4 is 17.6 Å². The van der Waals surface area contributed by atoms with Crippen molar-refractivity contribution in [2.45, 2.75) is 25.2 Å². The van der Waals surface area contributed by atoms with Crippen LogP contribution in [-0.2, 0) is 4.79 Å². The number of halogens is 1. The summed E-state index contributed by atoms with van der Waals surface area (Å²) < 4.78 is 0. The first-order chi connectivity index (χ1) is 7.18. The molecule has 0 heterocycles. The van der Waals surface area contributed by atoms with Gasteiger partial charge in [0.2, 0.25) is 0 Å². The average molecular weight is 225 g/mol. The zero-order chi connectivity index (χ0) is 10.8. The van der Waals surface area contributed by atoms with Gasteiger partial charge >= 0.3 is 5.97 Å². The van der Waals surface area contributed by atoms with Crippen LogP contribution in [0.4, 0.5) is 0 Å². The van der Waals surface area contributed by atoms with E-state index in [4.69, 9.17) is 11.6 Å². The highest BCUT2D eigenvalue weighted by Gasteiger charge is 2.33. The first-order valence-corrected chi connectivity index (χ1v) is 5.54. The lowest BCUT2D eigenvalue weighted by Gasteiger charge is -2.31. The van der Waals surface area contributed by atoms with E-state index in [2.05, 4.69) is 0 Å². The van der Waals surface area contributed by atoms with E-state index < -0.39 is 5.97 Å². The summed E-state index contributed by atoms with van der Waals surface area (Å²) in [5.41, 5.74) is 0.872. The molecular weight excluding hydrogens is 212 g/mol. The smallest absolute Gasteiger partial charge is 0.311 e. The SMILES string of the molecule is O=C(O)[C@H](c1ccc(Cl)cc1)C1CCC1. The summed E-state index contributed by atoms with van der Waals surface area (Å²) in [5, 5.41) is 9.85. The highest BCUT2D eigenvalue weighted by molar-refractivity contribution is 6.30. The lowest BCUT2D eigenvalue weighted by Crippen LogP contribution is -2.26. The Morgan fingerprint density at radius 1 is 1.33 bits per heavy atom. The largest absolute Gasteiger partial charge is 0.481 e. The Labute approximate surface area is 93.9 Å². The first-order valence-electron chi connectivity index (χ1n) is 5.17. The van der Waals surface area contributed by atoms with E-state index in [9.17, 15) is 9.90 Å². The third-order valence-electron chi connectivity index (χ3n) is 3.12. The Bertz CT molecular complexity index is 354. The number of carboxylic acid groups (broad SMARTS) is 1. The van der Waals surface area contributed by atoms with Crippen molar-refractivity contribution < 1.29 is 9.90 Å². The van der Waals surface area contributed by atoms with Crippen LogP contribution < -0.4 is 0 Å². The van der Waals surface area contributed by atoms with E-state index in [1.54, 1.807) is 12.1 Å². The molecule has 0 radical (unpaired) electrons. The van der Waals surface area contributed by atoms with Crippen LogP contribution >= 0.6 is 11.6 Å². The monoisotopic (exact) mass is 224 g/mol. The second-order valence-corrected chi connectivity index (χ2v) is 4.49. The lowest BCUT2D eigenvalue weighted by molar-refractivity contribution is -0.141. The van der Waals surface area contributed by atoms with Crippen LogP contribution in [0.15, 0.2) is 24.3 Å². The van der Waals surface area contributed by atoms with E-state index in [-0.39, 0.29) is 5.92 Å². The molecule has 1 aromatic rings. The van der Waals surface area contributed by atoms with E-state index in [1.807, 2.05) is 12.1 Å². The molecule has 0 aliphatic heterocycles. The van der Waals surface area contributed by atoms with Crippen molar-refractivity contribution in [1.29, 1.82) is 0 Å². The van der Waals surface area contributed by atoms with Crippen molar-refractivity contribution in [3.05, 3.63) is 34.9 Å². The van der Waals surface area contributed by atoms with Crippen LogP contribution in [0, 0.1) is 5.92 Å². The Kier molecular flexibility index (Phi) is 2.96. The van der Waals surface area contributed by atoms with Gasteiger partial charge in [-0.15, -0.1) is 0 Å². The molecule has 1 aromatic carbocycles. The molecule has 0 aromatic heterocycles. The molecule has 15 heavy (non-hydrogen) atoms. The molecule has 0 unspecified atom stereocenters. The number of aliphatic carboxylic acids is 1. The number of benzene rings is 1. The minimum atomic E-state index is -0.720. The summed E-state index contributed by atoms with van der Waals surface area (Å²) in [6, 6.07) is 7.15. The van der Waals surface area contributed by atoms with Crippen molar-refractivity contribution in [3.63, 3.8) is 0 Å². The van der Waals surface area contributed by atoms with Crippen LogP contribution in [-0.4, -0.2) is 11.1 Å². The van der Waals surface area contributed by atoms with Crippen molar-refractivity contribution in [3.8, 4) is 0 Å². The van der Waals surface area contributed by atoms with Gasteiger partial charge in [-0.1, -0.05) is 30.2 Å². The maximum Gasteiger partial charge on any atom is 0.311 e. The molecule has 2 rings (SSSR count). The fourth-order valence-corrected chi connectivity index (χ4v) is 2.19. The van der Waals surface area contributed by atoms with Crippen molar-refractivity contribution in [2.75, 3.05) is 0 Å². The summed E-state index contributed by atoms with van der Waals surface area (Å²) in [4.78, 5) is 11.2. The zero-order valence-electron chi connectivity index (χ0n) is 8.32. The van der Waals surface area contributed by atoms with E-state index >= 15 is 0 Å². The molecule has 0 amide bonds. The lowest BCUT2D eigenvalue weighted by atomic mass is 9.73. The van der Waals surface area contributed by atoms with Crippen LogP contribution in [0.3, 0.4) is 0 Å². The number of carboxylic acids is 1. The Hall–Kier alpha value is -1.02. The first kappa shape index (κ1) is 10.5. The number of hydrogen-bond acceptors (Lipinski definition) is 1. The summed E-state index contributed by atoms with van der Waals surface area (Å²) >= 11 is 5.78. The van der Waals surface area contributed by atoms with Crippen LogP contribution in [0.25, 0.3) is 0 Å². The van der Waals surface area contributed by atoms with Gasteiger partial charge in [0, 0.05) is 5.02 Å². The molecule has 0 bridgehead atoms. The Balaban J connectivity index is 2.23. The van der Waals surface area contributed by atoms with Crippen LogP contribution in [0.5, 0.6) is 0 Å². The molecule has 1 aliphatic rings. The standard InChI is InChI=1S/C12H13ClO2/c13-10-6-4-9(5-7-10)11(12(14)15)8-2-1-3-8/h4-8,11H,1-3H2,(H,14,15)/t11-/m0/s1. The maximum atomic E-state index is 11.2. The molecule has 0 spiro atoms. The Morgan fingerprint density at radius 3 is 2.33 bits per heavy atom. The molecule has 1 saturated carbocycles. The van der Waals surface area contributed by atoms with Gasteiger partial charge < -0.3 is 5.11 Å². The quantitative estimate of drug-likeness (QED) is 0.855. The molecule has 1 atom stereocenters. The van der Waals surface area contributed by atoms with Gasteiger partial charge in [-0.3, -0.25) is 4.79 Å². The predicted molar refractivity (Wildman–Crippen MR) is 59.2 cm³/mol. The topological polar surface area (TPSA) is 37.3 Å². The molecule has 2 nitrogen and oxygen atoms in total. The van der Waals surface area contributed by atoms with Crippen LogP contribution in [0.2, 0.25) is 5.02 Å². The second-order valence-electron chi connectivity index (χ2n) is 4.06. The summed E-state index contributed by atoms with van der Waals surface area (Å²) in [6.07, 6.45) is 3.21. The van der Waals surface area contributed by atoms with Gasteiger partial charge in [-0.25, -0.2) is 0 Å². The normalized spacial score (nSPS) is 18.2. The maximum absolute atomic E-state index is 11.2. The summed E-state index contributed by atoms with van der Waals surface area (Å²) in [6.45, 7) is 0. The third kappa shape index (κ3) is 2.15. The van der Waals surface area contributed by atoms with Gasteiger partial charge in [0.1, 0.15) is 0 Å². The number of rotatable bonds is 3. The summed E-state index contributed by atoms with van der Waals surface area (Å²) in [5.74, 6) is -0.762. The predicted octanol–water partition coefficient (Wildman–Crippen LogP) is 3.31. The number of hydrogen-bond donors (Lipinski definition) is 1. The highest BCUT2D eigenvalue weighted by Crippen LogP contribution is 2.39. The molecule has 80 valence electrons. The fraction of sp³-hybridized carbons (Fsp3) is 0.417. The van der Waals surface area contributed by atoms with Gasteiger partial charge in [0.25, 0.3) is 0 Å². The Morgan fingerprint density at radius 2 is 1.93 bits per heavy atom. The van der Waals surface area contributed by atoms with Crippen molar-refractivity contribution in [1.82, 2.24) is 0 Å². The van der Waals surface area contributed by atoms with E-state index in [1.165, 1.54) is 0 Å². The number of carbonyl (C=O) groups is 1. The van der Waals surface area contributed by atoms with E-state index in [0.29, 0.717) is 10.9 Å². The fourth-order valence-electron chi connectivity index (χ4n) is 2.06. The minimum absolute atomic E-state index is 0.309. The van der Waals surface area contributed by atoms with Crippen molar-refractivity contribution in [2.24, 2.45) is 5.92 Å². The van der Waals surface area contributed by atoms with Gasteiger partial charge in [-0.05, 0) is 36.5 Å². The molecule has 1 N–H and O–H groups in total. The summed E-state index contributed by atoms with van der Waals surface area (Å²) in [7, 11) is 0. The molecule has 3 heteroatoms. The molecule has 0 saturated heterocycles. The van der Waals surface area contributed by atoms with Gasteiger partial charge in [-0.2, -0.15) is 0 Å². The third-order valence-corrected chi connectivity index (χ3v) is 3.37. The molecule has 1 fully saturated rings. The average Bonchev–Trinajstić information content (AvgIpc) is 2.12.